The lowest BCUT2D eigenvalue weighted by Gasteiger charge is -2.36. The van der Waals surface area contributed by atoms with Gasteiger partial charge in [-0.25, -0.2) is 0 Å². The molecule has 1 aromatic carbocycles. The van der Waals surface area contributed by atoms with Gasteiger partial charge in [0.15, 0.2) is 0 Å². The fourth-order valence-electron chi connectivity index (χ4n) is 4.37. The Morgan fingerprint density at radius 3 is 2.74 bits per heavy atom. The number of benzene rings is 1. The maximum absolute atomic E-state index is 10.7. The first-order chi connectivity index (χ1) is 10.7. The maximum atomic E-state index is 10.7. The predicted molar refractivity (Wildman–Crippen MR) is 95.4 cm³/mol. The van der Waals surface area contributed by atoms with Gasteiger partial charge in [-0.05, 0) is 54.2 Å². The largest absolute Gasteiger partial charge is 0.508 e. The molecule has 0 spiro atoms. The highest BCUT2D eigenvalue weighted by atomic mass is 16.5. The highest BCUT2D eigenvalue weighted by molar-refractivity contribution is 5.54. The minimum atomic E-state index is 0.0823. The standard InChI is InChI=1S/C21H32O2/c1-6-7-9-21(4,5)14-11-16(22)19-15-8-10-20(2,3)13-18(15)23-17(19)12-14/h11-12,15,18,22H,6-10,13H2,1-5H3. The van der Waals surface area contributed by atoms with Crippen molar-refractivity contribution in [2.24, 2.45) is 5.41 Å². The fraction of sp³-hybridized carbons (Fsp3) is 0.714. The smallest absolute Gasteiger partial charge is 0.127 e. The number of unbranched alkanes of at least 4 members (excludes halogenated alkanes) is 1. The maximum Gasteiger partial charge on any atom is 0.127 e. The molecule has 1 heterocycles. The molecule has 2 unspecified atom stereocenters. The fourth-order valence-corrected chi connectivity index (χ4v) is 4.37. The Labute approximate surface area is 141 Å². The molecule has 0 radical (unpaired) electrons. The van der Waals surface area contributed by atoms with Crippen LogP contribution in [-0.2, 0) is 5.41 Å². The van der Waals surface area contributed by atoms with E-state index in [0.29, 0.717) is 17.1 Å². The number of phenols is 1. The van der Waals surface area contributed by atoms with Gasteiger partial charge in [-0.15, -0.1) is 0 Å². The third-order valence-corrected chi connectivity index (χ3v) is 6.04. The molecule has 128 valence electrons. The van der Waals surface area contributed by atoms with Crippen LogP contribution < -0.4 is 4.74 Å². The Bertz CT molecular complexity index is 586. The van der Waals surface area contributed by atoms with Gasteiger partial charge < -0.3 is 9.84 Å². The summed E-state index contributed by atoms with van der Waals surface area (Å²) in [6.07, 6.45) is 7.22. The number of rotatable bonds is 4. The second kappa shape index (κ2) is 5.72. The van der Waals surface area contributed by atoms with Gasteiger partial charge in [0.1, 0.15) is 17.6 Å². The first kappa shape index (κ1) is 16.7. The number of phenolic OH excluding ortho intramolecular Hbond substituents is 1. The van der Waals surface area contributed by atoms with Crippen molar-refractivity contribution in [3.05, 3.63) is 23.3 Å². The van der Waals surface area contributed by atoms with Gasteiger partial charge in [-0.1, -0.05) is 47.5 Å². The number of fused-ring (bicyclic) bond motifs is 3. The molecular formula is C21H32O2. The van der Waals surface area contributed by atoms with Crippen molar-refractivity contribution >= 4 is 0 Å². The number of aromatic hydroxyl groups is 1. The van der Waals surface area contributed by atoms with Gasteiger partial charge in [0.2, 0.25) is 0 Å². The highest BCUT2D eigenvalue weighted by Crippen LogP contribution is 2.54. The van der Waals surface area contributed by atoms with E-state index in [0.717, 1.165) is 30.6 Å². The zero-order valence-electron chi connectivity index (χ0n) is 15.4. The lowest BCUT2D eigenvalue weighted by Crippen LogP contribution is -2.32. The van der Waals surface area contributed by atoms with Gasteiger partial charge in [-0.3, -0.25) is 0 Å². The molecule has 0 saturated heterocycles. The summed E-state index contributed by atoms with van der Waals surface area (Å²) in [5.74, 6) is 1.78. The summed E-state index contributed by atoms with van der Waals surface area (Å²) >= 11 is 0. The van der Waals surface area contributed by atoms with Crippen LogP contribution in [0.15, 0.2) is 12.1 Å². The van der Waals surface area contributed by atoms with Crippen molar-refractivity contribution in [2.75, 3.05) is 0 Å². The van der Waals surface area contributed by atoms with Crippen LogP contribution in [0.4, 0.5) is 0 Å². The molecular weight excluding hydrogens is 284 g/mol. The van der Waals surface area contributed by atoms with Crippen LogP contribution in [0.1, 0.15) is 90.2 Å². The number of hydrogen-bond donors (Lipinski definition) is 1. The van der Waals surface area contributed by atoms with Gasteiger partial charge in [-0.2, -0.15) is 0 Å². The van der Waals surface area contributed by atoms with E-state index in [1.165, 1.54) is 24.8 Å². The predicted octanol–water partition coefficient (Wildman–Crippen LogP) is 5.91. The Morgan fingerprint density at radius 1 is 1.30 bits per heavy atom. The van der Waals surface area contributed by atoms with Crippen LogP contribution in [-0.4, -0.2) is 11.2 Å². The minimum Gasteiger partial charge on any atom is -0.508 e. The molecule has 1 aromatic rings. The molecule has 2 heteroatoms. The molecule has 1 fully saturated rings. The molecule has 2 atom stereocenters. The number of hydrogen-bond acceptors (Lipinski definition) is 2. The second-order valence-corrected chi connectivity index (χ2v) is 9.06. The molecule has 0 bridgehead atoms. The lowest BCUT2D eigenvalue weighted by atomic mass is 9.70. The average Bonchev–Trinajstić information content (AvgIpc) is 2.81. The van der Waals surface area contributed by atoms with Crippen molar-refractivity contribution in [1.82, 2.24) is 0 Å². The van der Waals surface area contributed by atoms with Crippen molar-refractivity contribution in [2.45, 2.75) is 90.6 Å². The summed E-state index contributed by atoms with van der Waals surface area (Å²) in [5.41, 5.74) is 2.71. The minimum absolute atomic E-state index is 0.0823. The molecule has 1 N–H and O–H groups in total. The quantitative estimate of drug-likeness (QED) is 0.747. The van der Waals surface area contributed by atoms with Crippen molar-refractivity contribution in [3.8, 4) is 11.5 Å². The molecule has 2 aliphatic rings. The summed E-state index contributed by atoms with van der Waals surface area (Å²) in [6.45, 7) is 11.4. The zero-order valence-corrected chi connectivity index (χ0v) is 15.4. The van der Waals surface area contributed by atoms with Crippen LogP contribution in [0, 0.1) is 5.41 Å². The van der Waals surface area contributed by atoms with Gasteiger partial charge in [0.05, 0.1) is 0 Å². The zero-order chi connectivity index (χ0) is 16.8. The summed E-state index contributed by atoms with van der Waals surface area (Å²) in [5, 5.41) is 10.7. The van der Waals surface area contributed by atoms with E-state index in [4.69, 9.17) is 4.74 Å². The topological polar surface area (TPSA) is 29.5 Å². The Hall–Kier alpha value is -1.18. The third-order valence-electron chi connectivity index (χ3n) is 6.04. The molecule has 1 aliphatic heterocycles. The van der Waals surface area contributed by atoms with Crippen LogP contribution in [0.3, 0.4) is 0 Å². The molecule has 0 aromatic heterocycles. The van der Waals surface area contributed by atoms with Crippen molar-refractivity contribution in [1.29, 1.82) is 0 Å². The van der Waals surface area contributed by atoms with Gasteiger partial charge >= 0.3 is 0 Å². The summed E-state index contributed by atoms with van der Waals surface area (Å²) < 4.78 is 6.31. The number of ether oxygens (including phenoxy) is 1. The van der Waals surface area contributed by atoms with E-state index in [1.54, 1.807) is 0 Å². The third kappa shape index (κ3) is 3.09. The van der Waals surface area contributed by atoms with Gasteiger partial charge in [0, 0.05) is 11.5 Å². The lowest BCUT2D eigenvalue weighted by molar-refractivity contribution is 0.0882. The highest BCUT2D eigenvalue weighted by Gasteiger charge is 2.44. The summed E-state index contributed by atoms with van der Waals surface area (Å²) in [7, 11) is 0. The first-order valence-electron chi connectivity index (χ1n) is 9.27. The Kier molecular flexibility index (Phi) is 4.14. The van der Waals surface area contributed by atoms with E-state index < -0.39 is 0 Å². The molecule has 3 rings (SSSR count). The van der Waals surface area contributed by atoms with E-state index >= 15 is 0 Å². The van der Waals surface area contributed by atoms with Crippen LogP contribution in [0.5, 0.6) is 11.5 Å². The molecule has 23 heavy (non-hydrogen) atoms. The van der Waals surface area contributed by atoms with Crippen molar-refractivity contribution < 1.29 is 9.84 Å². The molecule has 1 saturated carbocycles. The first-order valence-corrected chi connectivity index (χ1v) is 9.27. The second-order valence-electron chi connectivity index (χ2n) is 9.06. The monoisotopic (exact) mass is 316 g/mol. The summed E-state index contributed by atoms with van der Waals surface area (Å²) in [6, 6.07) is 4.20. The SMILES string of the molecule is CCCCC(C)(C)c1cc(O)c2c(c1)OC1CC(C)(C)CCC21. The molecule has 0 amide bonds. The van der Waals surface area contributed by atoms with Crippen LogP contribution in [0.2, 0.25) is 0 Å². The van der Waals surface area contributed by atoms with E-state index in [-0.39, 0.29) is 11.5 Å². The van der Waals surface area contributed by atoms with Crippen LogP contribution in [0.25, 0.3) is 0 Å². The Morgan fingerprint density at radius 2 is 2.04 bits per heavy atom. The summed E-state index contributed by atoms with van der Waals surface area (Å²) in [4.78, 5) is 0. The van der Waals surface area contributed by atoms with E-state index in [1.807, 2.05) is 6.07 Å². The van der Waals surface area contributed by atoms with Crippen LogP contribution >= 0.6 is 0 Å². The Balaban J connectivity index is 1.91. The van der Waals surface area contributed by atoms with Gasteiger partial charge in [0.25, 0.3) is 0 Å². The average molecular weight is 316 g/mol. The molecule has 1 aliphatic carbocycles. The normalized spacial score (nSPS) is 25.6. The van der Waals surface area contributed by atoms with Crippen molar-refractivity contribution in [3.63, 3.8) is 0 Å². The molecule has 2 nitrogen and oxygen atoms in total. The van der Waals surface area contributed by atoms with E-state index in [9.17, 15) is 5.11 Å². The van der Waals surface area contributed by atoms with E-state index in [2.05, 4.69) is 40.7 Å².